The lowest BCUT2D eigenvalue weighted by molar-refractivity contribution is -0.0785. The molecule has 0 saturated heterocycles. The summed E-state index contributed by atoms with van der Waals surface area (Å²) in [6, 6.07) is 0. The van der Waals surface area contributed by atoms with E-state index in [9.17, 15) is 0 Å². The Hall–Kier alpha value is -2.42. The topological polar surface area (TPSA) is 86.7 Å². The summed E-state index contributed by atoms with van der Waals surface area (Å²) in [6.07, 6.45) is 14.0. The van der Waals surface area contributed by atoms with Crippen molar-refractivity contribution in [3.8, 4) is 0 Å². The summed E-state index contributed by atoms with van der Waals surface area (Å²) in [7, 11) is 0. The summed E-state index contributed by atoms with van der Waals surface area (Å²) in [4.78, 5) is 14.8. The van der Waals surface area contributed by atoms with Gasteiger partial charge in [-0.25, -0.2) is 14.5 Å². The van der Waals surface area contributed by atoms with E-state index in [1.54, 1.807) is 6.33 Å². The number of hydrogen-bond acceptors (Lipinski definition) is 7. The van der Waals surface area contributed by atoms with Crippen LogP contribution in [-0.4, -0.2) is 39.8 Å². The first-order valence-corrected chi connectivity index (χ1v) is 14.0. The van der Waals surface area contributed by atoms with Crippen molar-refractivity contribution in [2.24, 2.45) is 23.2 Å². The van der Waals surface area contributed by atoms with Gasteiger partial charge in [0, 0.05) is 10.3 Å². The lowest BCUT2D eigenvalue weighted by atomic mass is 9.46. The smallest absolute Gasteiger partial charge is 0.167 e. The summed E-state index contributed by atoms with van der Waals surface area (Å²) in [5.41, 5.74) is 2.81. The first-order valence-electron chi connectivity index (χ1n) is 13.2. The zero-order chi connectivity index (χ0) is 23.6. The second-order valence-electron chi connectivity index (χ2n) is 13.1. The fourth-order valence-corrected chi connectivity index (χ4v) is 9.89. The van der Waals surface area contributed by atoms with Crippen molar-refractivity contribution in [1.29, 1.82) is 0 Å². The predicted molar refractivity (Wildman–Crippen MR) is 133 cm³/mol. The van der Waals surface area contributed by atoms with E-state index < -0.39 is 0 Å². The van der Waals surface area contributed by atoms with Crippen LogP contribution in [0.3, 0.4) is 0 Å². The fourth-order valence-electron chi connectivity index (χ4n) is 8.63. The summed E-state index contributed by atoms with van der Waals surface area (Å²) < 4.78 is 1.97. The standard InChI is InChI=1S/C26H32N8S/c1-24(2,3)17-4-5-18-19(7-17)35-22-20(18)21-30-23(31-33(21)14-27-22)25-8-15-6-16(9-25)11-26(10-15,12-25)34-29-13-28-32-34/h13-17H,4-12H2,1-3H3/t15-,16-,17-,25?,26?/m0/s1. The molecule has 4 aromatic heterocycles. The van der Waals surface area contributed by atoms with Gasteiger partial charge in [-0.2, -0.15) is 4.80 Å². The molecular weight excluding hydrogens is 456 g/mol. The van der Waals surface area contributed by atoms with E-state index in [0.29, 0.717) is 17.3 Å². The van der Waals surface area contributed by atoms with Crippen molar-refractivity contribution in [3.05, 3.63) is 28.9 Å². The van der Waals surface area contributed by atoms with Crippen LogP contribution in [0.2, 0.25) is 0 Å². The van der Waals surface area contributed by atoms with Gasteiger partial charge in [0.15, 0.2) is 17.8 Å². The molecule has 5 aliphatic rings. The quantitative estimate of drug-likeness (QED) is 0.406. The number of tetrazole rings is 1. The minimum absolute atomic E-state index is 0.00344. The van der Waals surface area contributed by atoms with E-state index in [-0.39, 0.29) is 11.0 Å². The van der Waals surface area contributed by atoms with E-state index in [1.165, 1.54) is 41.5 Å². The molecule has 0 aromatic carbocycles. The highest BCUT2D eigenvalue weighted by Gasteiger charge is 2.61. The lowest BCUT2D eigenvalue weighted by Crippen LogP contribution is -2.59. The molecule has 0 N–H and O–H groups in total. The van der Waals surface area contributed by atoms with Crippen molar-refractivity contribution in [2.45, 2.75) is 89.5 Å². The Labute approximate surface area is 208 Å². The third kappa shape index (κ3) is 2.84. The van der Waals surface area contributed by atoms with Crippen LogP contribution in [-0.2, 0) is 23.8 Å². The van der Waals surface area contributed by atoms with E-state index in [4.69, 9.17) is 15.1 Å². The molecule has 4 bridgehead atoms. The first kappa shape index (κ1) is 20.7. The van der Waals surface area contributed by atoms with Crippen molar-refractivity contribution in [1.82, 2.24) is 39.8 Å². The van der Waals surface area contributed by atoms with Crippen LogP contribution in [0, 0.1) is 23.2 Å². The van der Waals surface area contributed by atoms with Crippen LogP contribution >= 0.6 is 11.3 Å². The SMILES string of the molecule is CC(C)(C)[C@H]1CCc2c(sc3ncn4nc(C56C[C@@H]7C[C@@H](C5)CC(n5ncnn5)(C7)C6)nc4c23)C1. The molecule has 8 nitrogen and oxygen atoms in total. The molecule has 0 unspecified atom stereocenters. The van der Waals surface area contributed by atoms with Gasteiger partial charge in [-0.15, -0.1) is 26.6 Å². The molecule has 0 radical (unpaired) electrons. The lowest BCUT2D eigenvalue weighted by Gasteiger charge is -2.60. The second-order valence-corrected chi connectivity index (χ2v) is 14.2. The minimum atomic E-state index is -0.0326. The van der Waals surface area contributed by atoms with Gasteiger partial charge in [-0.05, 0) is 91.7 Å². The van der Waals surface area contributed by atoms with Crippen molar-refractivity contribution < 1.29 is 0 Å². The maximum Gasteiger partial charge on any atom is 0.167 e. The average molecular weight is 489 g/mol. The predicted octanol–water partition coefficient (Wildman–Crippen LogP) is 4.72. The molecule has 4 heterocycles. The van der Waals surface area contributed by atoms with Gasteiger partial charge in [0.2, 0.25) is 0 Å². The summed E-state index contributed by atoms with van der Waals surface area (Å²) >= 11 is 1.88. The molecule has 9 rings (SSSR count). The van der Waals surface area contributed by atoms with Gasteiger partial charge in [0.25, 0.3) is 0 Å². The van der Waals surface area contributed by atoms with Crippen LogP contribution < -0.4 is 0 Å². The van der Waals surface area contributed by atoms with Crippen molar-refractivity contribution >= 4 is 27.2 Å². The van der Waals surface area contributed by atoms with E-state index in [2.05, 4.69) is 36.2 Å². The first-order chi connectivity index (χ1) is 16.8. The number of fused-ring (bicyclic) bond motifs is 5. The molecule has 3 atom stereocenters. The van der Waals surface area contributed by atoms with Crippen LogP contribution in [0.5, 0.6) is 0 Å². The highest BCUT2D eigenvalue weighted by atomic mass is 32.1. The monoisotopic (exact) mass is 488 g/mol. The van der Waals surface area contributed by atoms with Gasteiger partial charge in [0.05, 0.1) is 10.9 Å². The van der Waals surface area contributed by atoms with E-state index in [0.717, 1.165) is 54.3 Å². The largest absolute Gasteiger partial charge is 0.225 e. The fraction of sp³-hybridized carbons (Fsp3) is 0.692. The van der Waals surface area contributed by atoms with Crippen LogP contribution in [0.25, 0.3) is 15.9 Å². The molecular formula is C26H32N8S. The minimum Gasteiger partial charge on any atom is -0.225 e. The Balaban J connectivity index is 1.25. The summed E-state index contributed by atoms with van der Waals surface area (Å²) in [5, 5.41) is 19.3. The highest BCUT2D eigenvalue weighted by Crippen LogP contribution is 2.64. The van der Waals surface area contributed by atoms with Crippen LogP contribution in [0.15, 0.2) is 12.7 Å². The Bertz CT molecular complexity index is 1440. The number of hydrogen-bond donors (Lipinski definition) is 0. The number of rotatable bonds is 2. The molecule has 35 heavy (non-hydrogen) atoms. The average Bonchev–Trinajstić information content (AvgIpc) is 3.54. The van der Waals surface area contributed by atoms with Crippen molar-refractivity contribution in [2.75, 3.05) is 0 Å². The van der Waals surface area contributed by atoms with Crippen molar-refractivity contribution in [3.63, 3.8) is 0 Å². The maximum absolute atomic E-state index is 5.34. The zero-order valence-electron chi connectivity index (χ0n) is 20.7. The molecule has 0 spiro atoms. The third-order valence-corrected chi connectivity index (χ3v) is 11.1. The molecule has 0 aliphatic heterocycles. The molecule has 5 aliphatic carbocycles. The van der Waals surface area contributed by atoms with Crippen LogP contribution in [0.1, 0.15) is 82.0 Å². The van der Waals surface area contributed by atoms with Gasteiger partial charge in [0.1, 0.15) is 11.2 Å². The second kappa shape index (κ2) is 6.66. The van der Waals surface area contributed by atoms with E-state index in [1.807, 2.05) is 27.0 Å². The maximum atomic E-state index is 5.34. The number of aromatic nitrogens is 8. The van der Waals surface area contributed by atoms with E-state index >= 15 is 0 Å². The third-order valence-electron chi connectivity index (χ3n) is 9.89. The Morgan fingerprint density at radius 2 is 1.94 bits per heavy atom. The molecule has 4 fully saturated rings. The normalized spacial score (nSPS) is 34.2. The Kier molecular flexibility index (Phi) is 3.95. The number of nitrogens with zero attached hydrogens (tertiary/aromatic N) is 8. The van der Waals surface area contributed by atoms with Gasteiger partial charge in [-0.3, -0.25) is 0 Å². The molecule has 182 valence electrons. The number of aryl methyl sites for hydroxylation is 1. The van der Waals surface area contributed by atoms with Gasteiger partial charge >= 0.3 is 0 Å². The molecule has 9 heteroatoms. The summed E-state index contributed by atoms with van der Waals surface area (Å²) in [5.74, 6) is 3.13. The molecule has 4 aromatic rings. The Morgan fingerprint density at radius 1 is 1.11 bits per heavy atom. The molecule has 0 amide bonds. The van der Waals surface area contributed by atoms with Gasteiger partial charge < -0.3 is 0 Å². The molecule has 4 saturated carbocycles. The number of thiophene rings is 1. The van der Waals surface area contributed by atoms with Gasteiger partial charge in [-0.1, -0.05) is 20.8 Å². The Morgan fingerprint density at radius 3 is 2.69 bits per heavy atom. The summed E-state index contributed by atoms with van der Waals surface area (Å²) in [6.45, 7) is 7.14. The zero-order valence-corrected chi connectivity index (χ0v) is 21.6. The van der Waals surface area contributed by atoms with Crippen LogP contribution in [0.4, 0.5) is 0 Å². The highest BCUT2D eigenvalue weighted by molar-refractivity contribution is 7.19.